The maximum Gasteiger partial charge on any atom is 0.310 e. The Balaban J connectivity index is 2.89. The van der Waals surface area contributed by atoms with Crippen LogP contribution < -0.4 is 0 Å². The maximum absolute atomic E-state index is 11.1. The molecule has 0 aliphatic heterocycles. The van der Waals surface area contributed by atoms with E-state index in [9.17, 15) is 4.79 Å². The molecule has 3 heteroatoms. The molecule has 0 bridgehead atoms. The van der Waals surface area contributed by atoms with Crippen LogP contribution in [0.3, 0.4) is 0 Å². The van der Waals surface area contributed by atoms with Crippen molar-refractivity contribution in [3.63, 3.8) is 0 Å². The maximum atomic E-state index is 11.1. The third kappa shape index (κ3) is 3.48. The van der Waals surface area contributed by atoms with Crippen LogP contribution in [-0.4, -0.2) is 13.1 Å². The lowest BCUT2D eigenvalue weighted by atomic mass is 10.1. The molecule has 0 unspecified atom stereocenters. The summed E-state index contributed by atoms with van der Waals surface area (Å²) in [5.74, 6) is 5.29. The van der Waals surface area contributed by atoms with Crippen LogP contribution in [0.25, 0.3) is 0 Å². The highest BCUT2D eigenvalue weighted by Crippen LogP contribution is 2.08. The van der Waals surface area contributed by atoms with Crippen LogP contribution in [0.2, 0.25) is 0 Å². The molecular formula is C13H11NO2. The van der Waals surface area contributed by atoms with Crippen LogP contribution in [-0.2, 0) is 16.0 Å². The zero-order chi connectivity index (χ0) is 11.8. The average Bonchev–Trinajstić information content (AvgIpc) is 2.31. The van der Waals surface area contributed by atoms with E-state index in [1.165, 1.54) is 7.11 Å². The number of hydrogen-bond donors (Lipinski definition) is 0. The van der Waals surface area contributed by atoms with Gasteiger partial charge in [-0.1, -0.05) is 30.0 Å². The second-order valence-electron chi connectivity index (χ2n) is 3.05. The van der Waals surface area contributed by atoms with Crippen LogP contribution >= 0.6 is 0 Å². The van der Waals surface area contributed by atoms with Crippen molar-refractivity contribution in [2.45, 2.75) is 12.8 Å². The highest BCUT2D eigenvalue weighted by molar-refractivity contribution is 5.73. The van der Waals surface area contributed by atoms with Crippen LogP contribution in [0, 0.1) is 23.2 Å². The van der Waals surface area contributed by atoms with Gasteiger partial charge in [-0.25, -0.2) is 0 Å². The molecule has 0 amide bonds. The molecule has 0 N–H and O–H groups in total. The summed E-state index contributed by atoms with van der Waals surface area (Å²) in [5, 5.41) is 8.37. The summed E-state index contributed by atoms with van der Waals surface area (Å²) in [4.78, 5) is 11.1. The molecule has 0 saturated heterocycles. The number of ether oxygens (including phenoxy) is 1. The van der Waals surface area contributed by atoms with Crippen molar-refractivity contribution < 1.29 is 9.53 Å². The Labute approximate surface area is 94.7 Å². The van der Waals surface area contributed by atoms with Crippen LogP contribution in [0.5, 0.6) is 0 Å². The number of carbonyl (C=O) groups is 1. The standard InChI is InChI=1S/C13H11NO2/c1-16-13(15)10-12-8-3-2-6-11(12)7-4-5-9-14/h2-3,6,8H,5,10H2,1H3. The number of carbonyl (C=O) groups excluding carboxylic acids is 1. The van der Waals surface area contributed by atoms with E-state index in [0.717, 1.165) is 11.1 Å². The second-order valence-corrected chi connectivity index (χ2v) is 3.05. The molecule has 0 radical (unpaired) electrons. The molecule has 1 aromatic rings. The van der Waals surface area contributed by atoms with E-state index in [-0.39, 0.29) is 18.8 Å². The summed E-state index contributed by atoms with van der Waals surface area (Å²) in [6.07, 6.45) is 0.389. The molecule has 0 saturated carbocycles. The smallest absolute Gasteiger partial charge is 0.310 e. The molecule has 80 valence electrons. The van der Waals surface area contributed by atoms with E-state index in [0.29, 0.717) is 0 Å². The number of benzene rings is 1. The number of hydrogen-bond acceptors (Lipinski definition) is 3. The van der Waals surface area contributed by atoms with Gasteiger partial charge in [-0.05, 0) is 11.6 Å². The van der Waals surface area contributed by atoms with Crippen molar-refractivity contribution in [1.82, 2.24) is 0 Å². The van der Waals surface area contributed by atoms with Crippen molar-refractivity contribution in [1.29, 1.82) is 5.26 Å². The van der Waals surface area contributed by atoms with Crippen LogP contribution in [0.15, 0.2) is 24.3 Å². The molecular weight excluding hydrogens is 202 g/mol. The lowest BCUT2D eigenvalue weighted by Crippen LogP contribution is -2.05. The van der Waals surface area contributed by atoms with Gasteiger partial charge in [-0.2, -0.15) is 5.26 Å². The lowest BCUT2D eigenvalue weighted by molar-refractivity contribution is -0.139. The fraction of sp³-hybridized carbons (Fsp3) is 0.231. The summed E-state index contributed by atoms with van der Waals surface area (Å²) in [6.45, 7) is 0. The first kappa shape index (κ1) is 11.8. The number of methoxy groups -OCH3 is 1. The number of rotatable bonds is 2. The molecule has 1 aromatic carbocycles. The third-order valence-electron chi connectivity index (χ3n) is 1.97. The molecule has 0 aromatic heterocycles. The lowest BCUT2D eigenvalue weighted by Gasteiger charge is -2.02. The van der Waals surface area contributed by atoms with Gasteiger partial charge >= 0.3 is 5.97 Å². The topological polar surface area (TPSA) is 50.1 Å². The molecule has 0 aliphatic rings. The Kier molecular flexibility index (Phi) is 4.63. The first-order valence-electron chi connectivity index (χ1n) is 4.78. The summed E-state index contributed by atoms with van der Waals surface area (Å²) in [7, 11) is 1.35. The summed E-state index contributed by atoms with van der Waals surface area (Å²) in [5.41, 5.74) is 1.59. The molecule has 0 spiro atoms. The van der Waals surface area contributed by atoms with Crippen molar-refractivity contribution in [2.75, 3.05) is 7.11 Å². The van der Waals surface area contributed by atoms with Crippen molar-refractivity contribution in [2.24, 2.45) is 0 Å². The number of nitrogens with zero attached hydrogens (tertiary/aromatic N) is 1. The predicted molar refractivity (Wildman–Crippen MR) is 59.3 cm³/mol. The first-order valence-corrected chi connectivity index (χ1v) is 4.78. The van der Waals surface area contributed by atoms with Crippen molar-refractivity contribution in [3.8, 4) is 17.9 Å². The van der Waals surface area contributed by atoms with E-state index in [1.54, 1.807) is 0 Å². The zero-order valence-corrected chi connectivity index (χ0v) is 8.99. The van der Waals surface area contributed by atoms with Gasteiger partial charge in [0.05, 0.1) is 26.0 Å². The monoisotopic (exact) mass is 213 g/mol. The molecule has 1 rings (SSSR count). The summed E-state index contributed by atoms with van der Waals surface area (Å²) >= 11 is 0. The Morgan fingerprint density at radius 3 is 2.88 bits per heavy atom. The van der Waals surface area contributed by atoms with Gasteiger partial charge in [0.15, 0.2) is 0 Å². The SMILES string of the molecule is COC(=O)Cc1ccccc1C#CCC#N. The van der Waals surface area contributed by atoms with Crippen molar-refractivity contribution >= 4 is 5.97 Å². The van der Waals surface area contributed by atoms with Gasteiger partial charge in [-0.15, -0.1) is 0 Å². The average molecular weight is 213 g/mol. The van der Waals surface area contributed by atoms with Gasteiger partial charge in [0, 0.05) is 5.56 Å². The summed E-state index contributed by atoms with van der Waals surface area (Å²) < 4.78 is 4.60. The van der Waals surface area contributed by atoms with Gasteiger partial charge in [0.1, 0.15) is 0 Å². The Morgan fingerprint density at radius 1 is 1.44 bits per heavy atom. The largest absolute Gasteiger partial charge is 0.469 e. The normalized spacial score (nSPS) is 8.50. The van der Waals surface area contributed by atoms with E-state index in [4.69, 9.17) is 5.26 Å². The van der Waals surface area contributed by atoms with E-state index >= 15 is 0 Å². The minimum absolute atomic E-state index is 0.187. The fourth-order valence-corrected chi connectivity index (χ4v) is 1.20. The molecule has 0 heterocycles. The number of esters is 1. The Bertz CT molecular complexity index is 475. The zero-order valence-electron chi connectivity index (χ0n) is 8.99. The highest BCUT2D eigenvalue weighted by Gasteiger charge is 2.05. The quantitative estimate of drug-likeness (QED) is 0.554. The minimum atomic E-state index is -0.297. The van der Waals surface area contributed by atoms with Gasteiger partial charge in [0.2, 0.25) is 0 Å². The predicted octanol–water partition coefficient (Wildman–Crippen LogP) is 1.67. The van der Waals surface area contributed by atoms with Crippen LogP contribution in [0.1, 0.15) is 17.5 Å². The van der Waals surface area contributed by atoms with Crippen molar-refractivity contribution in [3.05, 3.63) is 35.4 Å². The Hall–Kier alpha value is -2.26. The van der Waals surface area contributed by atoms with Gasteiger partial charge in [0.25, 0.3) is 0 Å². The molecule has 16 heavy (non-hydrogen) atoms. The van der Waals surface area contributed by atoms with E-state index in [1.807, 2.05) is 30.3 Å². The van der Waals surface area contributed by atoms with Gasteiger partial charge < -0.3 is 4.74 Å². The van der Waals surface area contributed by atoms with Gasteiger partial charge in [-0.3, -0.25) is 4.79 Å². The molecule has 0 fully saturated rings. The molecule has 0 aliphatic carbocycles. The molecule has 0 atom stereocenters. The minimum Gasteiger partial charge on any atom is -0.469 e. The van der Waals surface area contributed by atoms with Crippen LogP contribution in [0.4, 0.5) is 0 Å². The number of nitriles is 1. The second kappa shape index (κ2) is 6.27. The van der Waals surface area contributed by atoms with E-state index in [2.05, 4.69) is 16.6 Å². The Morgan fingerprint density at radius 2 is 2.19 bits per heavy atom. The van der Waals surface area contributed by atoms with E-state index < -0.39 is 0 Å². The molecule has 3 nitrogen and oxygen atoms in total. The first-order chi connectivity index (χ1) is 7.77. The summed E-state index contributed by atoms with van der Waals surface area (Å²) in [6, 6.07) is 9.28. The fourth-order valence-electron chi connectivity index (χ4n) is 1.20. The highest BCUT2D eigenvalue weighted by atomic mass is 16.5. The third-order valence-corrected chi connectivity index (χ3v) is 1.97.